The molecule has 2 aliphatic carbocycles. The van der Waals surface area contributed by atoms with Crippen LogP contribution in [-0.2, 0) is 9.59 Å². The summed E-state index contributed by atoms with van der Waals surface area (Å²) in [4.78, 5) is 23.5. The van der Waals surface area contributed by atoms with Crippen LogP contribution in [0.25, 0.3) is 0 Å². The van der Waals surface area contributed by atoms with Gasteiger partial charge in [-0.05, 0) is 43.4 Å². The largest absolute Gasteiger partial charge is 0.481 e. The van der Waals surface area contributed by atoms with Crippen LogP contribution >= 0.6 is 0 Å². The molecule has 1 atom stereocenters. The standard InChI is InChI=1S/C19H24FNO4/c20-15-6-4-12(5-7-15)16(22)19(8-2-1-3-9-19)21-17(23)13-10-14(11-13)18(24)25/h4-7,13-14,16,22H,1-3,8-11H2,(H,21,23)(H,24,25). The summed E-state index contributed by atoms with van der Waals surface area (Å²) in [7, 11) is 0. The van der Waals surface area contributed by atoms with Crippen molar-refractivity contribution in [2.75, 3.05) is 0 Å². The van der Waals surface area contributed by atoms with E-state index in [9.17, 15) is 19.1 Å². The number of aliphatic carboxylic acids is 1. The van der Waals surface area contributed by atoms with Crippen molar-refractivity contribution in [1.29, 1.82) is 0 Å². The molecule has 0 radical (unpaired) electrons. The van der Waals surface area contributed by atoms with Gasteiger partial charge in [-0.3, -0.25) is 9.59 Å². The van der Waals surface area contributed by atoms with E-state index < -0.39 is 23.5 Å². The molecule has 0 aromatic heterocycles. The highest BCUT2D eigenvalue weighted by Crippen LogP contribution is 2.40. The molecule has 0 bridgehead atoms. The van der Waals surface area contributed by atoms with Crippen LogP contribution in [0.3, 0.4) is 0 Å². The molecule has 1 aromatic rings. The normalized spacial score (nSPS) is 26.3. The highest BCUT2D eigenvalue weighted by Gasteiger charge is 2.45. The number of hydrogen-bond acceptors (Lipinski definition) is 3. The lowest BCUT2D eigenvalue weighted by Crippen LogP contribution is -2.57. The number of hydrogen-bond donors (Lipinski definition) is 3. The third kappa shape index (κ3) is 3.68. The third-order valence-corrected chi connectivity index (χ3v) is 5.69. The van der Waals surface area contributed by atoms with E-state index in [0.717, 1.165) is 19.3 Å². The Bertz CT molecular complexity index is 633. The number of carbonyl (C=O) groups excluding carboxylic acids is 1. The second-order valence-electron chi connectivity index (χ2n) is 7.36. The average Bonchev–Trinajstić information content (AvgIpc) is 2.54. The van der Waals surface area contributed by atoms with Crippen molar-refractivity contribution >= 4 is 11.9 Å². The zero-order valence-corrected chi connectivity index (χ0v) is 14.1. The van der Waals surface area contributed by atoms with Crippen LogP contribution in [0.2, 0.25) is 0 Å². The molecule has 0 saturated heterocycles. The van der Waals surface area contributed by atoms with E-state index in [-0.39, 0.29) is 17.6 Å². The van der Waals surface area contributed by atoms with Crippen LogP contribution in [0.15, 0.2) is 24.3 Å². The number of aliphatic hydroxyl groups excluding tert-OH is 1. The van der Waals surface area contributed by atoms with Gasteiger partial charge in [-0.2, -0.15) is 0 Å². The summed E-state index contributed by atoms with van der Waals surface area (Å²) in [6, 6.07) is 5.71. The number of halogens is 1. The second-order valence-corrected chi connectivity index (χ2v) is 7.36. The molecule has 0 spiro atoms. The Morgan fingerprint density at radius 3 is 2.24 bits per heavy atom. The Labute approximate surface area is 146 Å². The van der Waals surface area contributed by atoms with Gasteiger partial charge in [0.1, 0.15) is 11.9 Å². The van der Waals surface area contributed by atoms with Gasteiger partial charge in [0, 0.05) is 5.92 Å². The lowest BCUT2D eigenvalue weighted by molar-refractivity contribution is -0.149. The van der Waals surface area contributed by atoms with E-state index in [1.54, 1.807) is 12.1 Å². The summed E-state index contributed by atoms with van der Waals surface area (Å²) in [6.07, 6.45) is 3.97. The van der Waals surface area contributed by atoms with E-state index >= 15 is 0 Å². The molecule has 1 amide bonds. The van der Waals surface area contributed by atoms with Gasteiger partial charge in [0.05, 0.1) is 11.5 Å². The van der Waals surface area contributed by atoms with E-state index in [2.05, 4.69) is 5.32 Å². The number of carboxylic acid groups (broad SMARTS) is 1. The molecule has 1 aromatic carbocycles. The van der Waals surface area contributed by atoms with Crippen LogP contribution in [0.4, 0.5) is 4.39 Å². The van der Waals surface area contributed by atoms with Gasteiger partial charge in [0.2, 0.25) is 5.91 Å². The van der Waals surface area contributed by atoms with Crippen molar-refractivity contribution in [2.45, 2.75) is 56.6 Å². The van der Waals surface area contributed by atoms with E-state index in [1.807, 2.05) is 0 Å². The van der Waals surface area contributed by atoms with Crippen LogP contribution < -0.4 is 5.32 Å². The molecule has 3 N–H and O–H groups in total. The van der Waals surface area contributed by atoms with Gasteiger partial charge >= 0.3 is 5.97 Å². The second kappa shape index (κ2) is 7.12. The average molecular weight is 349 g/mol. The highest BCUT2D eigenvalue weighted by molar-refractivity contribution is 5.83. The van der Waals surface area contributed by atoms with Crippen molar-refractivity contribution in [3.05, 3.63) is 35.6 Å². The number of benzene rings is 1. The topological polar surface area (TPSA) is 86.6 Å². The number of carboxylic acids is 1. The summed E-state index contributed by atoms with van der Waals surface area (Å²) < 4.78 is 13.2. The maximum absolute atomic E-state index is 13.2. The Morgan fingerprint density at radius 2 is 1.68 bits per heavy atom. The number of rotatable bonds is 5. The fourth-order valence-electron chi connectivity index (χ4n) is 3.99. The third-order valence-electron chi connectivity index (χ3n) is 5.69. The molecule has 0 heterocycles. The van der Waals surface area contributed by atoms with Gasteiger partial charge in [-0.1, -0.05) is 31.4 Å². The van der Waals surface area contributed by atoms with E-state index in [1.165, 1.54) is 12.1 Å². The first-order chi connectivity index (χ1) is 11.9. The first-order valence-corrected chi connectivity index (χ1v) is 8.90. The summed E-state index contributed by atoms with van der Waals surface area (Å²) in [5, 5.41) is 22.9. The van der Waals surface area contributed by atoms with Crippen LogP contribution in [0.5, 0.6) is 0 Å². The van der Waals surface area contributed by atoms with Crippen molar-refractivity contribution in [2.24, 2.45) is 11.8 Å². The summed E-state index contributed by atoms with van der Waals surface area (Å²) in [5.74, 6) is -2.16. The predicted octanol–water partition coefficient (Wildman–Crippen LogP) is 2.79. The van der Waals surface area contributed by atoms with E-state index in [4.69, 9.17) is 5.11 Å². The van der Waals surface area contributed by atoms with Crippen LogP contribution in [0, 0.1) is 17.7 Å². The Hall–Kier alpha value is -1.95. The SMILES string of the molecule is O=C(O)C1CC(C(=O)NC2(C(O)c3ccc(F)cc3)CCCCC2)C1. The number of carbonyl (C=O) groups is 2. The summed E-state index contributed by atoms with van der Waals surface area (Å²) in [5.41, 5.74) is -0.179. The molecule has 25 heavy (non-hydrogen) atoms. The summed E-state index contributed by atoms with van der Waals surface area (Å²) >= 11 is 0. The van der Waals surface area contributed by atoms with Crippen molar-refractivity contribution in [3.63, 3.8) is 0 Å². The number of amides is 1. The molecule has 3 rings (SSSR count). The molecule has 2 fully saturated rings. The minimum absolute atomic E-state index is 0.180. The minimum Gasteiger partial charge on any atom is -0.481 e. The minimum atomic E-state index is -0.910. The predicted molar refractivity (Wildman–Crippen MR) is 89.2 cm³/mol. The fraction of sp³-hybridized carbons (Fsp3) is 0.579. The van der Waals surface area contributed by atoms with Crippen molar-refractivity contribution < 1.29 is 24.2 Å². The Kier molecular flexibility index (Phi) is 5.08. The maximum atomic E-state index is 13.2. The quantitative estimate of drug-likeness (QED) is 0.763. The molecule has 2 saturated carbocycles. The Balaban J connectivity index is 1.73. The lowest BCUT2D eigenvalue weighted by atomic mass is 9.72. The van der Waals surface area contributed by atoms with Gasteiger partial charge in [-0.15, -0.1) is 0 Å². The van der Waals surface area contributed by atoms with Gasteiger partial charge < -0.3 is 15.5 Å². The molecule has 136 valence electrons. The maximum Gasteiger partial charge on any atom is 0.306 e. The van der Waals surface area contributed by atoms with Crippen molar-refractivity contribution in [3.8, 4) is 0 Å². The number of aliphatic hydroxyl groups is 1. The Morgan fingerprint density at radius 1 is 1.08 bits per heavy atom. The van der Waals surface area contributed by atoms with E-state index in [0.29, 0.717) is 31.2 Å². The molecule has 0 aliphatic heterocycles. The van der Waals surface area contributed by atoms with Gasteiger partial charge in [0.15, 0.2) is 0 Å². The molecule has 2 aliphatic rings. The van der Waals surface area contributed by atoms with Crippen molar-refractivity contribution in [1.82, 2.24) is 5.32 Å². The molecule has 1 unspecified atom stereocenters. The lowest BCUT2D eigenvalue weighted by Gasteiger charge is -2.44. The zero-order chi connectivity index (χ0) is 18.0. The highest BCUT2D eigenvalue weighted by atomic mass is 19.1. The zero-order valence-electron chi connectivity index (χ0n) is 14.1. The van der Waals surface area contributed by atoms with Crippen LogP contribution in [-0.4, -0.2) is 27.6 Å². The monoisotopic (exact) mass is 349 g/mol. The fourth-order valence-corrected chi connectivity index (χ4v) is 3.99. The smallest absolute Gasteiger partial charge is 0.306 e. The van der Waals surface area contributed by atoms with Crippen LogP contribution in [0.1, 0.15) is 56.6 Å². The summed E-state index contributed by atoms with van der Waals surface area (Å²) in [6.45, 7) is 0. The first kappa shape index (κ1) is 17.9. The number of nitrogens with one attached hydrogen (secondary N) is 1. The van der Waals surface area contributed by atoms with Gasteiger partial charge in [-0.25, -0.2) is 4.39 Å². The first-order valence-electron chi connectivity index (χ1n) is 8.90. The molecule has 6 heteroatoms. The molecular weight excluding hydrogens is 325 g/mol. The van der Waals surface area contributed by atoms with Gasteiger partial charge in [0.25, 0.3) is 0 Å². The molecular formula is C19H24FNO4. The molecule has 5 nitrogen and oxygen atoms in total.